The number of hydrogen-bond acceptors (Lipinski definition) is 6. The number of hydrogen-bond donors (Lipinski definition) is 1. The Balaban J connectivity index is 2.13. The number of ether oxygens (including phenoxy) is 1. The summed E-state index contributed by atoms with van der Waals surface area (Å²) in [5, 5.41) is 3.19. The first-order chi connectivity index (χ1) is 12.4. The third-order valence-electron chi connectivity index (χ3n) is 5.33. The summed E-state index contributed by atoms with van der Waals surface area (Å²) in [5.74, 6) is -2.81. The van der Waals surface area contributed by atoms with Crippen molar-refractivity contribution in [2.75, 3.05) is 26.2 Å². The summed E-state index contributed by atoms with van der Waals surface area (Å²) in [6, 6.07) is 5.23. The lowest BCUT2D eigenvalue weighted by molar-refractivity contribution is -0.154. The Morgan fingerprint density at radius 3 is 2.73 bits per heavy atom. The molecule has 0 radical (unpaired) electrons. The summed E-state index contributed by atoms with van der Waals surface area (Å²) in [5.41, 5.74) is -0.775. The fourth-order valence-corrected chi connectivity index (χ4v) is 4.62. The number of methoxy groups -OCH3 is 1. The number of carbonyl (C=O) groups excluding carboxylic acids is 3. The highest BCUT2D eigenvalue weighted by Crippen LogP contribution is 2.50. The predicted octanol–water partition coefficient (Wildman–Crippen LogP) is 1.37. The van der Waals surface area contributed by atoms with Gasteiger partial charge in [0, 0.05) is 13.1 Å². The first-order valence-corrected chi connectivity index (χ1v) is 9.68. The van der Waals surface area contributed by atoms with Crippen molar-refractivity contribution in [3.63, 3.8) is 0 Å². The van der Waals surface area contributed by atoms with E-state index in [1.54, 1.807) is 12.1 Å². The van der Waals surface area contributed by atoms with E-state index in [1.165, 1.54) is 38.1 Å². The molecule has 3 rings (SSSR count). The molecule has 8 heteroatoms. The SMILES string of the molecule is COC(=O)[C@]1(CCSC)N[C@H](c2cccc(F)c2)[C@@H]2C(=O)N(C)C(=O)[C@H]21. The van der Waals surface area contributed by atoms with Crippen molar-refractivity contribution in [3.8, 4) is 0 Å². The normalized spacial score (nSPS) is 30.6. The first-order valence-electron chi connectivity index (χ1n) is 8.29. The van der Waals surface area contributed by atoms with E-state index in [0.717, 1.165) is 4.90 Å². The molecule has 26 heavy (non-hydrogen) atoms. The van der Waals surface area contributed by atoms with E-state index in [2.05, 4.69) is 5.32 Å². The molecule has 0 saturated carbocycles. The maximum Gasteiger partial charge on any atom is 0.326 e. The van der Waals surface area contributed by atoms with Gasteiger partial charge >= 0.3 is 5.97 Å². The molecule has 0 aliphatic carbocycles. The van der Waals surface area contributed by atoms with E-state index in [4.69, 9.17) is 4.74 Å². The molecule has 2 fully saturated rings. The van der Waals surface area contributed by atoms with Crippen molar-refractivity contribution in [2.45, 2.75) is 18.0 Å². The lowest BCUT2D eigenvalue weighted by Gasteiger charge is -2.32. The number of thioether (sulfide) groups is 1. The maximum absolute atomic E-state index is 13.7. The van der Waals surface area contributed by atoms with Gasteiger partial charge in [-0.2, -0.15) is 11.8 Å². The van der Waals surface area contributed by atoms with Crippen LogP contribution in [-0.2, 0) is 19.1 Å². The largest absolute Gasteiger partial charge is 0.468 e. The second-order valence-corrected chi connectivity index (χ2v) is 7.61. The van der Waals surface area contributed by atoms with Gasteiger partial charge in [-0.05, 0) is 36.1 Å². The Labute approximate surface area is 155 Å². The van der Waals surface area contributed by atoms with Gasteiger partial charge < -0.3 is 4.74 Å². The van der Waals surface area contributed by atoms with E-state index in [1.807, 2.05) is 6.26 Å². The number of nitrogens with one attached hydrogen (secondary N) is 1. The molecule has 4 atom stereocenters. The fourth-order valence-electron chi connectivity index (χ4n) is 4.10. The van der Waals surface area contributed by atoms with E-state index in [0.29, 0.717) is 17.7 Å². The molecular formula is C18H21FN2O4S. The van der Waals surface area contributed by atoms with Gasteiger partial charge in [-0.15, -0.1) is 0 Å². The molecule has 2 aliphatic rings. The number of amides is 2. The number of nitrogens with zero attached hydrogens (tertiary/aromatic N) is 1. The number of rotatable bonds is 5. The molecule has 2 amide bonds. The van der Waals surface area contributed by atoms with Crippen LogP contribution in [0.1, 0.15) is 18.0 Å². The highest BCUT2D eigenvalue weighted by Gasteiger charge is 2.67. The molecular weight excluding hydrogens is 359 g/mol. The standard InChI is InChI=1S/C18H21FN2O4S/c1-21-15(22)12-13(16(21)23)18(7-8-26-3,17(24)25-2)20-14(12)10-5-4-6-11(19)9-10/h4-6,9,12-14,20H,7-8H2,1-3H3/t12-,13+,14-,18-/m1/s1. The molecule has 2 saturated heterocycles. The average Bonchev–Trinajstić information content (AvgIpc) is 3.10. The highest BCUT2D eigenvalue weighted by atomic mass is 32.2. The van der Waals surface area contributed by atoms with Gasteiger partial charge in [0.1, 0.15) is 11.4 Å². The van der Waals surface area contributed by atoms with Crippen LogP contribution in [0.25, 0.3) is 0 Å². The second kappa shape index (κ2) is 7.00. The molecule has 140 valence electrons. The van der Waals surface area contributed by atoms with Crippen molar-refractivity contribution in [2.24, 2.45) is 11.8 Å². The van der Waals surface area contributed by atoms with Gasteiger partial charge in [-0.3, -0.25) is 24.6 Å². The monoisotopic (exact) mass is 380 g/mol. The van der Waals surface area contributed by atoms with Crippen molar-refractivity contribution in [1.82, 2.24) is 10.2 Å². The molecule has 6 nitrogen and oxygen atoms in total. The summed E-state index contributed by atoms with van der Waals surface area (Å²) in [6.07, 6.45) is 2.23. The minimum Gasteiger partial charge on any atom is -0.468 e. The summed E-state index contributed by atoms with van der Waals surface area (Å²) in [6.45, 7) is 0. The minimum absolute atomic E-state index is 0.334. The zero-order chi connectivity index (χ0) is 19.1. The van der Waals surface area contributed by atoms with Gasteiger partial charge in [0.2, 0.25) is 11.8 Å². The zero-order valence-electron chi connectivity index (χ0n) is 14.8. The van der Waals surface area contributed by atoms with Crippen LogP contribution in [0.3, 0.4) is 0 Å². The van der Waals surface area contributed by atoms with E-state index < -0.39 is 41.1 Å². The first kappa shape index (κ1) is 18.8. The third kappa shape index (κ3) is 2.72. The van der Waals surface area contributed by atoms with Crippen LogP contribution < -0.4 is 5.32 Å². The Kier molecular flexibility index (Phi) is 5.07. The molecule has 1 aromatic carbocycles. The summed E-state index contributed by atoms with van der Waals surface area (Å²) < 4.78 is 18.8. The highest BCUT2D eigenvalue weighted by molar-refractivity contribution is 7.98. The van der Waals surface area contributed by atoms with Gasteiger partial charge in [0.05, 0.1) is 18.9 Å². The predicted molar refractivity (Wildman–Crippen MR) is 94.8 cm³/mol. The minimum atomic E-state index is -1.31. The van der Waals surface area contributed by atoms with Crippen molar-refractivity contribution < 1.29 is 23.5 Å². The van der Waals surface area contributed by atoms with Crippen LogP contribution in [0.5, 0.6) is 0 Å². The molecule has 1 aromatic rings. The lowest BCUT2D eigenvalue weighted by atomic mass is 9.78. The zero-order valence-corrected chi connectivity index (χ0v) is 15.6. The lowest BCUT2D eigenvalue weighted by Crippen LogP contribution is -2.56. The van der Waals surface area contributed by atoms with Gasteiger partial charge in [-0.1, -0.05) is 12.1 Å². The topological polar surface area (TPSA) is 75.7 Å². The number of esters is 1. The Morgan fingerprint density at radius 1 is 1.38 bits per heavy atom. The third-order valence-corrected chi connectivity index (χ3v) is 5.94. The van der Waals surface area contributed by atoms with Crippen LogP contribution >= 0.6 is 11.8 Å². The summed E-state index contributed by atoms with van der Waals surface area (Å²) in [4.78, 5) is 39.4. The Hall–Kier alpha value is -1.93. The second-order valence-electron chi connectivity index (χ2n) is 6.62. The van der Waals surface area contributed by atoms with Crippen LogP contribution in [-0.4, -0.2) is 54.4 Å². The van der Waals surface area contributed by atoms with Crippen LogP contribution in [0, 0.1) is 17.7 Å². The molecule has 0 bridgehead atoms. The van der Waals surface area contributed by atoms with Gasteiger partial charge in [-0.25, -0.2) is 4.39 Å². The van der Waals surface area contributed by atoms with Crippen molar-refractivity contribution in [3.05, 3.63) is 35.6 Å². The van der Waals surface area contributed by atoms with Crippen molar-refractivity contribution >= 4 is 29.5 Å². The van der Waals surface area contributed by atoms with Crippen LogP contribution in [0.2, 0.25) is 0 Å². The Morgan fingerprint density at radius 2 is 2.12 bits per heavy atom. The Bertz CT molecular complexity index is 758. The number of halogens is 1. The van der Waals surface area contributed by atoms with Crippen molar-refractivity contribution in [1.29, 1.82) is 0 Å². The van der Waals surface area contributed by atoms with E-state index in [-0.39, 0.29) is 5.91 Å². The molecule has 1 N–H and O–H groups in total. The molecule has 2 aliphatic heterocycles. The number of benzene rings is 1. The average molecular weight is 380 g/mol. The van der Waals surface area contributed by atoms with Gasteiger partial charge in [0.15, 0.2) is 0 Å². The summed E-state index contributed by atoms with van der Waals surface area (Å²) >= 11 is 1.53. The number of imide groups is 1. The number of carbonyl (C=O) groups is 3. The number of likely N-dealkylation sites (tertiary alicyclic amines) is 1. The van der Waals surface area contributed by atoms with Crippen LogP contribution in [0.4, 0.5) is 4.39 Å². The smallest absolute Gasteiger partial charge is 0.326 e. The van der Waals surface area contributed by atoms with Gasteiger partial charge in [0.25, 0.3) is 0 Å². The summed E-state index contributed by atoms with van der Waals surface area (Å²) in [7, 11) is 2.68. The molecule has 0 unspecified atom stereocenters. The van der Waals surface area contributed by atoms with Crippen LogP contribution in [0.15, 0.2) is 24.3 Å². The fraction of sp³-hybridized carbons (Fsp3) is 0.500. The number of fused-ring (bicyclic) bond motifs is 1. The molecule has 0 spiro atoms. The molecule has 2 heterocycles. The quantitative estimate of drug-likeness (QED) is 0.614. The maximum atomic E-state index is 13.7. The molecule has 0 aromatic heterocycles. The van der Waals surface area contributed by atoms with E-state index in [9.17, 15) is 18.8 Å². The van der Waals surface area contributed by atoms with E-state index >= 15 is 0 Å².